The molecule has 0 unspecified atom stereocenters. The largest absolute Gasteiger partial charge is 0.494 e. The van der Waals surface area contributed by atoms with Gasteiger partial charge >= 0.3 is 0 Å². The van der Waals surface area contributed by atoms with E-state index in [9.17, 15) is 8.42 Å². The lowest BCUT2D eigenvalue weighted by Gasteiger charge is -2.14. The van der Waals surface area contributed by atoms with E-state index in [1.807, 2.05) is 20.8 Å². The Bertz CT molecular complexity index is 532. The van der Waals surface area contributed by atoms with Crippen molar-refractivity contribution in [1.29, 1.82) is 0 Å². The van der Waals surface area contributed by atoms with Crippen molar-refractivity contribution in [2.24, 2.45) is 0 Å². The highest BCUT2D eigenvalue weighted by Crippen LogP contribution is 2.30. The summed E-state index contributed by atoms with van der Waals surface area (Å²) in [7, 11) is -3.43. The van der Waals surface area contributed by atoms with Crippen LogP contribution in [-0.2, 0) is 10.0 Å². The molecule has 0 aliphatic rings. The van der Waals surface area contributed by atoms with Gasteiger partial charge < -0.3 is 14.8 Å². The van der Waals surface area contributed by atoms with Gasteiger partial charge in [0, 0.05) is 12.6 Å². The van der Waals surface area contributed by atoms with Crippen LogP contribution in [0, 0.1) is 0 Å². The van der Waals surface area contributed by atoms with Crippen molar-refractivity contribution in [1.82, 2.24) is 5.32 Å². The maximum atomic E-state index is 12.1. The maximum Gasteiger partial charge on any atom is 0.234 e. The van der Waals surface area contributed by atoms with Crippen LogP contribution in [-0.4, -0.2) is 40.5 Å². The zero-order chi connectivity index (χ0) is 15.7. The predicted octanol–water partition coefficient (Wildman–Crippen LogP) is 1.84. The lowest BCUT2D eigenvalue weighted by atomic mass is 10.3. The Morgan fingerprint density at radius 2 is 1.81 bits per heavy atom. The van der Waals surface area contributed by atoms with Gasteiger partial charge in [0.2, 0.25) is 10.0 Å². The van der Waals surface area contributed by atoms with Crippen LogP contribution in [0.15, 0.2) is 18.2 Å². The van der Waals surface area contributed by atoms with E-state index in [-0.39, 0.29) is 5.75 Å². The fraction of sp³-hybridized carbons (Fsp3) is 0.571. The second-order valence-corrected chi connectivity index (χ2v) is 6.14. The Hall–Kier alpha value is -1.47. The number of nitrogens with one attached hydrogen (secondary N) is 2. The van der Waals surface area contributed by atoms with Crippen molar-refractivity contribution in [3.8, 4) is 11.5 Å². The zero-order valence-corrected chi connectivity index (χ0v) is 13.6. The van der Waals surface area contributed by atoms with Gasteiger partial charge in [-0.15, -0.1) is 0 Å². The molecule has 0 bridgehead atoms. The molecule has 0 spiro atoms. The highest BCUT2D eigenvalue weighted by Gasteiger charge is 2.14. The number of rotatable bonds is 10. The van der Waals surface area contributed by atoms with E-state index in [0.717, 1.165) is 6.54 Å². The molecule has 1 rings (SSSR count). The highest BCUT2D eigenvalue weighted by atomic mass is 32.2. The maximum absolute atomic E-state index is 12.1. The molecular formula is C14H24N2O4S. The summed E-state index contributed by atoms with van der Waals surface area (Å²) in [6.07, 6.45) is 0. The third-order valence-corrected chi connectivity index (χ3v) is 3.90. The first-order valence-electron chi connectivity index (χ1n) is 7.13. The molecular weight excluding hydrogens is 292 g/mol. The summed E-state index contributed by atoms with van der Waals surface area (Å²) < 4.78 is 37.5. The van der Waals surface area contributed by atoms with Crippen LogP contribution in [0.1, 0.15) is 20.8 Å². The minimum Gasteiger partial charge on any atom is -0.494 e. The summed E-state index contributed by atoms with van der Waals surface area (Å²) in [6.45, 7) is 7.76. The fourth-order valence-corrected chi connectivity index (χ4v) is 2.74. The summed E-state index contributed by atoms with van der Waals surface area (Å²) in [5, 5.41) is 2.99. The van der Waals surface area contributed by atoms with E-state index in [4.69, 9.17) is 9.47 Å². The number of sulfonamides is 1. The first-order chi connectivity index (χ1) is 10.0. The second kappa shape index (κ2) is 8.74. The first-order valence-corrected chi connectivity index (χ1v) is 8.78. The van der Waals surface area contributed by atoms with Crippen molar-refractivity contribution in [2.45, 2.75) is 20.8 Å². The van der Waals surface area contributed by atoms with E-state index < -0.39 is 10.0 Å². The van der Waals surface area contributed by atoms with Crippen LogP contribution in [0.25, 0.3) is 0 Å². The Kier molecular flexibility index (Phi) is 7.31. The van der Waals surface area contributed by atoms with E-state index >= 15 is 0 Å². The molecule has 6 nitrogen and oxygen atoms in total. The van der Waals surface area contributed by atoms with Gasteiger partial charge in [-0.05, 0) is 32.5 Å². The van der Waals surface area contributed by atoms with Crippen molar-refractivity contribution in [3.63, 3.8) is 0 Å². The van der Waals surface area contributed by atoms with Gasteiger partial charge in [0.05, 0.1) is 24.7 Å². The third kappa shape index (κ3) is 6.22. The predicted molar refractivity (Wildman–Crippen MR) is 84.7 cm³/mol. The summed E-state index contributed by atoms with van der Waals surface area (Å²) in [5.41, 5.74) is 0.402. The average molecular weight is 316 g/mol. The molecule has 0 heterocycles. The number of anilines is 1. The normalized spacial score (nSPS) is 11.2. The standard InChI is InChI=1S/C14H24N2O4S/c1-4-15-9-10-21(17,18)16-13-11-12(19-5-2)7-8-14(13)20-6-3/h7-8,11,15-16H,4-6,9-10H2,1-3H3. The molecule has 0 aliphatic heterocycles. The van der Waals surface area contributed by atoms with Crippen molar-refractivity contribution in [3.05, 3.63) is 18.2 Å². The molecule has 0 atom stereocenters. The van der Waals surface area contributed by atoms with E-state index in [0.29, 0.717) is 36.9 Å². The molecule has 0 radical (unpaired) electrons. The van der Waals surface area contributed by atoms with Crippen LogP contribution in [0.2, 0.25) is 0 Å². The zero-order valence-electron chi connectivity index (χ0n) is 12.8. The number of ether oxygens (including phenoxy) is 2. The Labute approximate surface area is 126 Å². The number of hydrogen-bond acceptors (Lipinski definition) is 5. The molecule has 21 heavy (non-hydrogen) atoms. The van der Waals surface area contributed by atoms with Gasteiger partial charge in [0.1, 0.15) is 11.5 Å². The van der Waals surface area contributed by atoms with E-state index in [2.05, 4.69) is 10.0 Å². The van der Waals surface area contributed by atoms with Gasteiger partial charge in [0.25, 0.3) is 0 Å². The summed E-state index contributed by atoms with van der Waals surface area (Å²) in [4.78, 5) is 0. The van der Waals surface area contributed by atoms with Crippen molar-refractivity contribution in [2.75, 3.05) is 36.8 Å². The first kappa shape index (κ1) is 17.6. The molecule has 0 fully saturated rings. The van der Waals surface area contributed by atoms with Crippen LogP contribution in [0.4, 0.5) is 5.69 Å². The minimum absolute atomic E-state index is 0.00523. The van der Waals surface area contributed by atoms with Crippen LogP contribution in [0.3, 0.4) is 0 Å². The van der Waals surface area contributed by atoms with Gasteiger partial charge in [0.15, 0.2) is 0 Å². The number of hydrogen-bond donors (Lipinski definition) is 2. The van der Waals surface area contributed by atoms with Gasteiger partial charge in [-0.25, -0.2) is 8.42 Å². The second-order valence-electron chi connectivity index (χ2n) is 4.30. The van der Waals surface area contributed by atoms with Gasteiger partial charge in [-0.2, -0.15) is 0 Å². The van der Waals surface area contributed by atoms with E-state index in [1.165, 1.54) is 0 Å². The Morgan fingerprint density at radius 1 is 1.10 bits per heavy atom. The van der Waals surface area contributed by atoms with Crippen LogP contribution < -0.4 is 19.5 Å². The lowest BCUT2D eigenvalue weighted by Crippen LogP contribution is -2.26. The topological polar surface area (TPSA) is 76.7 Å². The molecule has 120 valence electrons. The van der Waals surface area contributed by atoms with E-state index in [1.54, 1.807) is 18.2 Å². The molecule has 0 amide bonds. The average Bonchev–Trinajstić information content (AvgIpc) is 2.42. The highest BCUT2D eigenvalue weighted by molar-refractivity contribution is 7.92. The third-order valence-electron chi connectivity index (χ3n) is 2.62. The lowest BCUT2D eigenvalue weighted by molar-refractivity contribution is 0.332. The Morgan fingerprint density at radius 3 is 2.43 bits per heavy atom. The molecule has 0 aromatic heterocycles. The molecule has 2 N–H and O–H groups in total. The smallest absolute Gasteiger partial charge is 0.234 e. The fourth-order valence-electron chi connectivity index (χ4n) is 1.73. The molecule has 0 aliphatic carbocycles. The van der Waals surface area contributed by atoms with Crippen molar-refractivity contribution < 1.29 is 17.9 Å². The van der Waals surface area contributed by atoms with Gasteiger partial charge in [-0.1, -0.05) is 6.92 Å². The summed E-state index contributed by atoms with van der Waals surface area (Å²) in [5.74, 6) is 1.10. The van der Waals surface area contributed by atoms with Crippen molar-refractivity contribution >= 4 is 15.7 Å². The SMILES string of the molecule is CCNCCS(=O)(=O)Nc1cc(OCC)ccc1OCC. The molecule has 1 aromatic rings. The molecule has 1 aromatic carbocycles. The molecule has 0 saturated heterocycles. The summed E-state index contributed by atoms with van der Waals surface area (Å²) >= 11 is 0. The number of benzene rings is 1. The summed E-state index contributed by atoms with van der Waals surface area (Å²) in [6, 6.07) is 5.10. The quantitative estimate of drug-likeness (QED) is 0.644. The van der Waals surface area contributed by atoms with Gasteiger partial charge in [-0.3, -0.25) is 4.72 Å². The van der Waals surface area contributed by atoms with Crippen LogP contribution >= 0.6 is 0 Å². The van der Waals surface area contributed by atoms with Crippen LogP contribution in [0.5, 0.6) is 11.5 Å². The Balaban J connectivity index is 2.89. The molecule has 0 saturated carbocycles. The minimum atomic E-state index is -3.43. The molecule has 7 heteroatoms. The monoisotopic (exact) mass is 316 g/mol.